The van der Waals surface area contributed by atoms with Crippen molar-refractivity contribution >= 4 is 0 Å². The number of fused-ring (bicyclic) bond motifs is 2. The van der Waals surface area contributed by atoms with Gasteiger partial charge >= 0.3 is 0 Å². The van der Waals surface area contributed by atoms with Crippen molar-refractivity contribution in [3.8, 4) is 18.1 Å². The van der Waals surface area contributed by atoms with Crippen molar-refractivity contribution in [2.45, 2.75) is 31.7 Å². The van der Waals surface area contributed by atoms with Gasteiger partial charge in [0.05, 0.1) is 6.54 Å². The Morgan fingerprint density at radius 2 is 2.28 bits per heavy atom. The highest BCUT2D eigenvalue weighted by atomic mass is 16.3. The second-order valence-corrected chi connectivity index (χ2v) is 5.47. The summed E-state index contributed by atoms with van der Waals surface area (Å²) in [5.41, 5.74) is 2.47. The first-order chi connectivity index (χ1) is 8.79. The molecule has 0 bridgehead atoms. The summed E-state index contributed by atoms with van der Waals surface area (Å²) in [6.45, 7) is 1.88. The zero-order valence-corrected chi connectivity index (χ0v) is 10.6. The maximum Gasteiger partial charge on any atom is 0.119 e. The SMILES string of the molecule is C#CCN1CCC[C@@H]2Cc3c(O)cccc3C[C@H]21. The van der Waals surface area contributed by atoms with Crippen LogP contribution in [-0.2, 0) is 12.8 Å². The largest absolute Gasteiger partial charge is 0.508 e. The van der Waals surface area contributed by atoms with Crippen molar-refractivity contribution < 1.29 is 5.11 Å². The lowest BCUT2D eigenvalue weighted by atomic mass is 9.75. The molecule has 2 nitrogen and oxygen atoms in total. The van der Waals surface area contributed by atoms with E-state index in [2.05, 4.69) is 16.9 Å². The second kappa shape index (κ2) is 4.66. The Morgan fingerprint density at radius 1 is 1.39 bits per heavy atom. The zero-order valence-electron chi connectivity index (χ0n) is 10.6. The summed E-state index contributed by atoms with van der Waals surface area (Å²) in [6.07, 6.45) is 10.0. The van der Waals surface area contributed by atoms with Crippen LogP contribution in [0.4, 0.5) is 0 Å². The fourth-order valence-electron chi connectivity index (χ4n) is 3.60. The van der Waals surface area contributed by atoms with Crippen molar-refractivity contribution in [3.05, 3.63) is 29.3 Å². The fourth-order valence-corrected chi connectivity index (χ4v) is 3.60. The van der Waals surface area contributed by atoms with Crippen LogP contribution in [0, 0.1) is 18.3 Å². The molecule has 0 unspecified atom stereocenters. The smallest absolute Gasteiger partial charge is 0.119 e. The zero-order chi connectivity index (χ0) is 12.5. The van der Waals surface area contributed by atoms with Crippen LogP contribution in [0.25, 0.3) is 0 Å². The highest BCUT2D eigenvalue weighted by Crippen LogP contribution is 2.37. The van der Waals surface area contributed by atoms with Gasteiger partial charge in [0.2, 0.25) is 0 Å². The number of nitrogens with zero attached hydrogens (tertiary/aromatic N) is 1. The van der Waals surface area contributed by atoms with E-state index in [-0.39, 0.29) is 0 Å². The lowest BCUT2D eigenvalue weighted by Gasteiger charge is -2.44. The number of aromatic hydroxyl groups is 1. The van der Waals surface area contributed by atoms with Gasteiger partial charge in [0, 0.05) is 6.04 Å². The molecule has 0 aromatic heterocycles. The quantitative estimate of drug-likeness (QED) is 0.762. The first kappa shape index (κ1) is 11.6. The Hall–Kier alpha value is -1.46. The molecule has 2 aliphatic rings. The number of hydrogen-bond donors (Lipinski definition) is 1. The predicted octanol–water partition coefficient (Wildman–Crippen LogP) is 2.20. The Balaban J connectivity index is 1.90. The van der Waals surface area contributed by atoms with Crippen LogP contribution in [-0.4, -0.2) is 29.1 Å². The Bertz CT molecular complexity index is 488. The molecule has 2 atom stereocenters. The van der Waals surface area contributed by atoms with Gasteiger partial charge < -0.3 is 5.11 Å². The summed E-state index contributed by atoms with van der Waals surface area (Å²) in [5.74, 6) is 3.91. The number of piperidine rings is 1. The molecule has 1 fully saturated rings. The van der Waals surface area contributed by atoms with Crippen LogP contribution in [0.1, 0.15) is 24.0 Å². The number of likely N-dealkylation sites (tertiary alicyclic amines) is 1. The molecular formula is C16H19NO. The number of rotatable bonds is 1. The van der Waals surface area contributed by atoms with Crippen LogP contribution in [0.5, 0.6) is 5.75 Å². The van der Waals surface area contributed by atoms with Gasteiger partial charge in [-0.1, -0.05) is 18.1 Å². The van der Waals surface area contributed by atoms with Gasteiger partial charge in [0.25, 0.3) is 0 Å². The van der Waals surface area contributed by atoms with E-state index < -0.39 is 0 Å². The molecule has 1 aromatic carbocycles. The molecule has 3 rings (SSSR count). The summed E-state index contributed by atoms with van der Waals surface area (Å²) in [5, 5.41) is 9.97. The average molecular weight is 241 g/mol. The maximum atomic E-state index is 9.97. The second-order valence-electron chi connectivity index (χ2n) is 5.47. The molecule has 94 valence electrons. The standard InChI is InChI=1S/C16H19NO/c1-2-8-17-9-4-6-13-10-14-12(11-15(13)17)5-3-7-16(14)18/h1,3,5,7,13,15,18H,4,6,8-11H2/t13-,15-/m1/s1. The Morgan fingerprint density at radius 3 is 3.11 bits per heavy atom. The number of phenols is 1. The van der Waals surface area contributed by atoms with Gasteiger partial charge in [-0.05, 0) is 55.3 Å². The van der Waals surface area contributed by atoms with Gasteiger partial charge in [-0.3, -0.25) is 4.90 Å². The number of hydrogen-bond acceptors (Lipinski definition) is 2. The summed E-state index contributed by atoms with van der Waals surface area (Å²) >= 11 is 0. The summed E-state index contributed by atoms with van der Waals surface area (Å²) in [7, 11) is 0. The summed E-state index contributed by atoms with van der Waals surface area (Å²) in [6, 6.07) is 6.47. The molecule has 1 saturated heterocycles. The van der Waals surface area contributed by atoms with E-state index in [1.807, 2.05) is 6.07 Å². The van der Waals surface area contributed by atoms with Crippen molar-refractivity contribution in [2.24, 2.45) is 5.92 Å². The normalized spacial score (nSPS) is 27.1. The molecule has 2 heteroatoms. The van der Waals surface area contributed by atoms with Crippen LogP contribution in [0.3, 0.4) is 0 Å². The van der Waals surface area contributed by atoms with E-state index in [1.54, 1.807) is 6.07 Å². The van der Waals surface area contributed by atoms with Crippen LogP contribution < -0.4 is 0 Å². The molecule has 1 aromatic rings. The van der Waals surface area contributed by atoms with E-state index in [0.29, 0.717) is 17.7 Å². The minimum atomic E-state index is 0.472. The van der Waals surface area contributed by atoms with E-state index >= 15 is 0 Å². The number of terminal acetylenes is 1. The Kier molecular flexibility index (Phi) is 3.01. The third-order valence-corrected chi connectivity index (χ3v) is 4.47. The van der Waals surface area contributed by atoms with E-state index in [9.17, 15) is 5.11 Å². The van der Waals surface area contributed by atoms with Crippen LogP contribution in [0.15, 0.2) is 18.2 Å². The third-order valence-electron chi connectivity index (χ3n) is 4.47. The molecular weight excluding hydrogens is 222 g/mol. The summed E-state index contributed by atoms with van der Waals surface area (Å²) in [4.78, 5) is 2.45. The van der Waals surface area contributed by atoms with Crippen LogP contribution in [0.2, 0.25) is 0 Å². The van der Waals surface area contributed by atoms with Crippen molar-refractivity contribution in [2.75, 3.05) is 13.1 Å². The number of phenolic OH excluding ortho intramolecular Hbond substituents is 1. The van der Waals surface area contributed by atoms with Gasteiger partial charge in [0.1, 0.15) is 5.75 Å². The van der Waals surface area contributed by atoms with Crippen molar-refractivity contribution in [1.29, 1.82) is 0 Å². The molecule has 18 heavy (non-hydrogen) atoms. The Labute approximate surface area is 109 Å². The molecule has 1 heterocycles. The van der Waals surface area contributed by atoms with Crippen molar-refractivity contribution in [3.63, 3.8) is 0 Å². The minimum absolute atomic E-state index is 0.472. The minimum Gasteiger partial charge on any atom is -0.508 e. The molecule has 0 saturated carbocycles. The van der Waals surface area contributed by atoms with E-state index in [0.717, 1.165) is 25.9 Å². The molecule has 0 radical (unpaired) electrons. The highest BCUT2D eigenvalue weighted by Gasteiger charge is 2.35. The molecule has 1 N–H and O–H groups in total. The lowest BCUT2D eigenvalue weighted by Crippen LogP contribution is -2.49. The van der Waals surface area contributed by atoms with Crippen LogP contribution >= 0.6 is 0 Å². The fraction of sp³-hybridized carbons (Fsp3) is 0.500. The first-order valence-electron chi connectivity index (χ1n) is 6.77. The topological polar surface area (TPSA) is 23.5 Å². The molecule has 0 amide bonds. The van der Waals surface area contributed by atoms with E-state index in [1.165, 1.54) is 24.0 Å². The summed E-state index contributed by atoms with van der Waals surface area (Å²) < 4.78 is 0. The monoisotopic (exact) mass is 241 g/mol. The highest BCUT2D eigenvalue weighted by molar-refractivity contribution is 5.42. The average Bonchev–Trinajstić information content (AvgIpc) is 2.38. The van der Waals surface area contributed by atoms with Gasteiger partial charge in [-0.15, -0.1) is 6.42 Å². The molecule has 1 aliphatic carbocycles. The predicted molar refractivity (Wildman–Crippen MR) is 72.4 cm³/mol. The molecule has 1 aliphatic heterocycles. The first-order valence-corrected chi connectivity index (χ1v) is 6.77. The lowest BCUT2D eigenvalue weighted by molar-refractivity contribution is 0.0986. The maximum absolute atomic E-state index is 9.97. The molecule has 0 spiro atoms. The van der Waals surface area contributed by atoms with Gasteiger partial charge in [-0.25, -0.2) is 0 Å². The van der Waals surface area contributed by atoms with Gasteiger partial charge in [0.15, 0.2) is 0 Å². The number of benzene rings is 1. The van der Waals surface area contributed by atoms with Gasteiger partial charge in [-0.2, -0.15) is 0 Å². The third kappa shape index (κ3) is 1.89. The van der Waals surface area contributed by atoms with Crippen molar-refractivity contribution in [1.82, 2.24) is 4.90 Å². The van der Waals surface area contributed by atoms with E-state index in [4.69, 9.17) is 6.42 Å².